The molecule has 0 radical (unpaired) electrons. The van der Waals surface area contributed by atoms with Gasteiger partial charge in [0.25, 0.3) is 0 Å². The maximum Gasteiger partial charge on any atom is 0.399 e. The highest BCUT2D eigenvalue weighted by Crippen LogP contribution is 2.29. The van der Waals surface area contributed by atoms with Crippen molar-refractivity contribution < 1.29 is 13.2 Å². The highest BCUT2D eigenvalue weighted by molar-refractivity contribution is 7.99. The van der Waals surface area contributed by atoms with Gasteiger partial charge in [-0.15, -0.1) is 0 Å². The minimum atomic E-state index is -4.39. The number of hydrogen-bond acceptors (Lipinski definition) is 2. The second-order valence-electron chi connectivity index (χ2n) is 3.60. The molecule has 15 heavy (non-hydrogen) atoms. The van der Waals surface area contributed by atoms with Crippen LogP contribution in [0.15, 0.2) is 0 Å². The summed E-state index contributed by atoms with van der Waals surface area (Å²) in [5.41, 5.74) is 4.92. The number of hydrogen-bond donors (Lipinski definition) is 2. The highest BCUT2D eigenvalue weighted by Gasteiger charge is 2.41. The third-order valence-corrected chi connectivity index (χ3v) is 3.53. The molecular formula is C9H17F3N2S. The Balaban J connectivity index is 4.05. The van der Waals surface area contributed by atoms with Gasteiger partial charge in [0, 0.05) is 5.75 Å². The first kappa shape index (κ1) is 14.6. The first-order chi connectivity index (χ1) is 6.79. The summed E-state index contributed by atoms with van der Waals surface area (Å²) in [7, 11) is 0. The fraction of sp³-hybridized carbons (Fsp3) is 0.889. The molecular weight excluding hydrogens is 225 g/mol. The second kappa shape index (κ2) is 6.25. The van der Waals surface area contributed by atoms with Gasteiger partial charge in [-0.1, -0.05) is 20.3 Å². The van der Waals surface area contributed by atoms with Crippen LogP contribution in [0.25, 0.3) is 0 Å². The van der Waals surface area contributed by atoms with E-state index in [2.05, 4.69) is 0 Å². The summed E-state index contributed by atoms with van der Waals surface area (Å²) < 4.78 is 37.0. The van der Waals surface area contributed by atoms with Crippen molar-refractivity contribution in [3.8, 4) is 0 Å². The Kier molecular flexibility index (Phi) is 6.09. The van der Waals surface area contributed by atoms with E-state index in [1.54, 1.807) is 0 Å². The van der Waals surface area contributed by atoms with Gasteiger partial charge in [-0.25, -0.2) is 0 Å². The topological polar surface area (TPSA) is 49.9 Å². The lowest BCUT2D eigenvalue weighted by atomic mass is 10.1. The van der Waals surface area contributed by atoms with Gasteiger partial charge >= 0.3 is 6.18 Å². The summed E-state index contributed by atoms with van der Waals surface area (Å²) in [6.45, 7) is 3.99. The lowest BCUT2D eigenvalue weighted by Crippen LogP contribution is -2.37. The van der Waals surface area contributed by atoms with Gasteiger partial charge in [0.15, 0.2) is 0 Å². The van der Waals surface area contributed by atoms with Gasteiger partial charge in [-0.2, -0.15) is 24.9 Å². The zero-order valence-electron chi connectivity index (χ0n) is 8.90. The van der Waals surface area contributed by atoms with Gasteiger partial charge in [-0.3, -0.25) is 5.41 Å². The van der Waals surface area contributed by atoms with Crippen LogP contribution < -0.4 is 5.73 Å². The predicted octanol–water partition coefficient (Wildman–Crippen LogP) is 2.88. The Bertz CT molecular complexity index is 206. The number of thioether (sulfide) groups is 1. The molecule has 0 aliphatic rings. The van der Waals surface area contributed by atoms with E-state index < -0.39 is 17.9 Å². The number of nitrogens with one attached hydrogen (secondary N) is 1. The van der Waals surface area contributed by atoms with Crippen LogP contribution in [0.1, 0.15) is 20.3 Å². The van der Waals surface area contributed by atoms with Crippen molar-refractivity contribution in [2.24, 2.45) is 17.6 Å². The monoisotopic (exact) mass is 242 g/mol. The summed E-state index contributed by atoms with van der Waals surface area (Å²) in [6, 6.07) is 0. The summed E-state index contributed by atoms with van der Waals surface area (Å²) in [4.78, 5) is 0. The van der Waals surface area contributed by atoms with E-state index in [1.807, 2.05) is 13.8 Å². The van der Waals surface area contributed by atoms with Gasteiger partial charge in [0.05, 0.1) is 0 Å². The van der Waals surface area contributed by atoms with Crippen LogP contribution in [0.2, 0.25) is 0 Å². The van der Waals surface area contributed by atoms with Gasteiger partial charge in [0.1, 0.15) is 11.8 Å². The summed E-state index contributed by atoms with van der Waals surface area (Å²) in [6.07, 6.45) is -3.45. The zero-order chi connectivity index (χ0) is 12.1. The average molecular weight is 242 g/mol. The van der Waals surface area contributed by atoms with E-state index in [-0.39, 0.29) is 5.75 Å². The Hall–Kier alpha value is -0.390. The third-order valence-electron chi connectivity index (χ3n) is 2.15. The second-order valence-corrected chi connectivity index (χ2v) is 4.68. The molecule has 0 aliphatic heterocycles. The van der Waals surface area contributed by atoms with E-state index in [0.29, 0.717) is 11.7 Å². The zero-order valence-corrected chi connectivity index (χ0v) is 9.71. The molecule has 0 heterocycles. The Morgan fingerprint density at radius 1 is 1.40 bits per heavy atom. The van der Waals surface area contributed by atoms with E-state index in [9.17, 15) is 13.2 Å². The molecule has 0 saturated heterocycles. The van der Waals surface area contributed by atoms with Crippen LogP contribution in [0.5, 0.6) is 0 Å². The summed E-state index contributed by atoms with van der Waals surface area (Å²) >= 11 is 1.21. The van der Waals surface area contributed by atoms with Gasteiger partial charge in [0.2, 0.25) is 0 Å². The first-order valence-corrected chi connectivity index (χ1v) is 5.92. The fourth-order valence-corrected chi connectivity index (χ4v) is 2.24. The average Bonchev–Trinajstić information content (AvgIpc) is 2.09. The number of rotatable bonds is 6. The third kappa shape index (κ3) is 5.92. The Morgan fingerprint density at radius 2 is 1.93 bits per heavy atom. The lowest BCUT2D eigenvalue weighted by Gasteiger charge is -2.19. The minimum Gasteiger partial charge on any atom is -0.387 e. The molecule has 3 N–H and O–H groups in total. The molecule has 0 rings (SSSR count). The molecule has 0 aromatic heterocycles. The van der Waals surface area contributed by atoms with Crippen molar-refractivity contribution in [2.45, 2.75) is 26.4 Å². The SMILES string of the molecule is CCC(C)CSCC(C(=N)N)C(F)(F)F. The lowest BCUT2D eigenvalue weighted by molar-refractivity contribution is -0.150. The molecule has 2 unspecified atom stereocenters. The summed E-state index contributed by atoms with van der Waals surface area (Å²) in [5, 5.41) is 6.88. The first-order valence-electron chi connectivity index (χ1n) is 4.77. The van der Waals surface area contributed by atoms with Crippen LogP contribution in [-0.2, 0) is 0 Å². The molecule has 2 atom stereocenters. The molecule has 0 spiro atoms. The number of halogens is 3. The van der Waals surface area contributed by atoms with E-state index >= 15 is 0 Å². The molecule has 0 aromatic rings. The van der Waals surface area contributed by atoms with Crippen molar-refractivity contribution >= 4 is 17.6 Å². The van der Waals surface area contributed by atoms with E-state index in [4.69, 9.17) is 11.1 Å². The molecule has 90 valence electrons. The van der Waals surface area contributed by atoms with Crippen LogP contribution in [0.3, 0.4) is 0 Å². The molecule has 0 aliphatic carbocycles. The van der Waals surface area contributed by atoms with Crippen LogP contribution in [-0.4, -0.2) is 23.5 Å². The molecule has 6 heteroatoms. The maximum absolute atomic E-state index is 12.3. The fourth-order valence-electron chi connectivity index (χ4n) is 0.866. The Labute approximate surface area is 92.3 Å². The molecule has 2 nitrogen and oxygen atoms in total. The van der Waals surface area contributed by atoms with Crippen molar-refractivity contribution in [1.82, 2.24) is 0 Å². The van der Waals surface area contributed by atoms with Crippen molar-refractivity contribution in [3.63, 3.8) is 0 Å². The normalized spacial score (nSPS) is 16.1. The highest BCUT2D eigenvalue weighted by atomic mass is 32.2. The van der Waals surface area contributed by atoms with Crippen molar-refractivity contribution in [1.29, 1.82) is 5.41 Å². The quantitative estimate of drug-likeness (QED) is 0.556. The summed E-state index contributed by atoms with van der Waals surface area (Å²) in [5.74, 6) is -1.67. The van der Waals surface area contributed by atoms with Crippen LogP contribution >= 0.6 is 11.8 Å². The van der Waals surface area contributed by atoms with E-state index in [1.165, 1.54) is 11.8 Å². The maximum atomic E-state index is 12.3. The van der Waals surface area contributed by atoms with E-state index in [0.717, 1.165) is 6.42 Å². The van der Waals surface area contributed by atoms with Crippen LogP contribution in [0.4, 0.5) is 13.2 Å². The van der Waals surface area contributed by atoms with Crippen molar-refractivity contribution in [2.75, 3.05) is 11.5 Å². The molecule has 0 bridgehead atoms. The Morgan fingerprint density at radius 3 is 2.27 bits per heavy atom. The number of alkyl halides is 3. The standard InChI is InChI=1S/C9H17F3N2S/c1-3-6(2)4-15-5-7(8(13)14)9(10,11)12/h6-7H,3-5H2,1-2H3,(H3,13,14). The molecule has 0 aromatic carbocycles. The van der Waals surface area contributed by atoms with Crippen molar-refractivity contribution in [3.05, 3.63) is 0 Å². The largest absolute Gasteiger partial charge is 0.399 e. The van der Waals surface area contributed by atoms with Gasteiger partial charge < -0.3 is 5.73 Å². The predicted molar refractivity (Wildman–Crippen MR) is 58.2 cm³/mol. The number of amidine groups is 1. The number of nitrogens with two attached hydrogens (primary N) is 1. The minimum absolute atomic E-state index is 0.150. The molecule has 0 saturated carbocycles. The molecule has 0 fully saturated rings. The van der Waals surface area contributed by atoms with Crippen LogP contribution in [0, 0.1) is 17.2 Å². The van der Waals surface area contributed by atoms with Gasteiger partial charge in [-0.05, 0) is 11.7 Å². The molecule has 0 amide bonds. The smallest absolute Gasteiger partial charge is 0.387 e.